The largest absolute Gasteiger partial charge is 0.475 e. The Morgan fingerprint density at radius 3 is 1.80 bits per heavy atom. The summed E-state index contributed by atoms with van der Waals surface area (Å²) >= 11 is 0. The number of hydrogen-bond acceptors (Lipinski definition) is 6. The third kappa shape index (κ3) is 13.4. The van der Waals surface area contributed by atoms with Crippen LogP contribution in [0.3, 0.4) is 0 Å². The average Bonchev–Trinajstić information content (AvgIpc) is 2.32. The second-order valence-corrected chi connectivity index (χ2v) is 10.6. The van der Waals surface area contributed by atoms with E-state index in [1.54, 1.807) is 41.5 Å². The molecule has 6 nitrogen and oxygen atoms in total. The first-order valence-corrected chi connectivity index (χ1v) is 10.4. The normalized spacial score (nSPS) is 13.8. The molecule has 0 bridgehead atoms. The molecule has 150 valence electrons. The van der Waals surface area contributed by atoms with Gasteiger partial charge in [-0.2, -0.15) is 0 Å². The topological polar surface area (TPSA) is 71.1 Å². The molecule has 0 aromatic heterocycles. The minimum atomic E-state index is -3.78. The van der Waals surface area contributed by atoms with Gasteiger partial charge in [-0.05, 0) is 53.4 Å². The van der Waals surface area contributed by atoms with Gasteiger partial charge in [-0.15, -0.1) is 0 Å². The van der Waals surface area contributed by atoms with E-state index < -0.39 is 24.4 Å². The molecule has 0 radical (unpaired) electrons. The zero-order chi connectivity index (χ0) is 19.9. The SMILES string of the molecule is CCCCOC(=O)CC(C)(C)COP(=O)(OC(C)(C)C)OC(C)(C)C. The predicted molar refractivity (Wildman–Crippen MR) is 99.5 cm³/mol. The van der Waals surface area contributed by atoms with Crippen molar-refractivity contribution in [2.45, 2.75) is 92.8 Å². The maximum Gasteiger partial charge on any atom is 0.475 e. The first kappa shape index (κ1) is 24.6. The van der Waals surface area contributed by atoms with Crippen molar-refractivity contribution in [2.24, 2.45) is 5.41 Å². The molecule has 0 spiro atoms. The van der Waals surface area contributed by atoms with E-state index >= 15 is 0 Å². The number of ether oxygens (including phenoxy) is 1. The van der Waals surface area contributed by atoms with E-state index in [1.165, 1.54) is 0 Å². The lowest BCUT2D eigenvalue weighted by atomic mass is 9.91. The Hall–Kier alpha value is -0.420. The summed E-state index contributed by atoms with van der Waals surface area (Å²) in [6.07, 6.45) is 1.98. The average molecular weight is 380 g/mol. The van der Waals surface area contributed by atoms with Crippen molar-refractivity contribution in [3.8, 4) is 0 Å². The monoisotopic (exact) mass is 380 g/mol. The maximum absolute atomic E-state index is 13.0. The Morgan fingerprint density at radius 1 is 0.920 bits per heavy atom. The number of carbonyl (C=O) groups excluding carboxylic acids is 1. The van der Waals surface area contributed by atoms with Crippen molar-refractivity contribution in [3.05, 3.63) is 0 Å². The van der Waals surface area contributed by atoms with Crippen LogP contribution in [-0.4, -0.2) is 30.4 Å². The van der Waals surface area contributed by atoms with Crippen LogP contribution in [-0.2, 0) is 27.7 Å². The van der Waals surface area contributed by atoms with Gasteiger partial charge in [0, 0.05) is 0 Å². The third-order valence-corrected chi connectivity index (χ3v) is 4.76. The Bertz CT molecular complexity index is 439. The quantitative estimate of drug-likeness (QED) is 0.283. The lowest BCUT2D eigenvalue weighted by Gasteiger charge is -2.33. The number of phosphoric ester groups is 1. The minimum Gasteiger partial charge on any atom is -0.466 e. The lowest BCUT2D eigenvalue weighted by Crippen LogP contribution is -2.28. The number of phosphoric acid groups is 1. The van der Waals surface area contributed by atoms with Crippen LogP contribution in [0.1, 0.15) is 81.6 Å². The van der Waals surface area contributed by atoms with Gasteiger partial charge < -0.3 is 4.74 Å². The summed E-state index contributed by atoms with van der Waals surface area (Å²) in [7, 11) is -3.78. The van der Waals surface area contributed by atoms with Crippen LogP contribution in [0.25, 0.3) is 0 Å². The summed E-state index contributed by atoms with van der Waals surface area (Å²) in [5, 5.41) is 0. The second-order valence-electron chi connectivity index (χ2n) is 9.04. The Balaban J connectivity index is 4.85. The number of esters is 1. The fraction of sp³-hybridized carbons (Fsp3) is 0.944. The first-order chi connectivity index (χ1) is 11.1. The van der Waals surface area contributed by atoms with Crippen LogP contribution >= 0.6 is 7.82 Å². The van der Waals surface area contributed by atoms with Crippen molar-refractivity contribution >= 4 is 13.8 Å². The Kier molecular flexibility index (Phi) is 9.34. The molecule has 0 aliphatic rings. The number of unbranched alkanes of at least 4 members (excludes halogenated alkanes) is 1. The maximum atomic E-state index is 13.0. The highest BCUT2D eigenvalue weighted by atomic mass is 31.2. The molecule has 0 rings (SSSR count). The van der Waals surface area contributed by atoms with Crippen LogP contribution in [0.5, 0.6) is 0 Å². The number of carbonyl (C=O) groups is 1. The highest BCUT2D eigenvalue weighted by Gasteiger charge is 2.39. The highest BCUT2D eigenvalue weighted by Crippen LogP contribution is 2.56. The third-order valence-electron chi connectivity index (χ3n) is 2.77. The molecule has 0 saturated heterocycles. The van der Waals surface area contributed by atoms with Crippen LogP contribution in [0.4, 0.5) is 0 Å². The molecule has 0 heterocycles. The molecular formula is C18H37O6P. The van der Waals surface area contributed by atoms with Crippen molar-refractivity contribution < 1.29 is 27.7 Å². The molecule has 0 aromatic carbocycles. The van der Waals surface area contributed by atoms with Gasteiger partial charge in [-0.3, -0.25) is 18.4 Å². The predicted octanol–water partition coefficient (Wildman–Crippen LogP) is 5.50. The molecule has 25 heavy (non-hydrogen) atoms. The number of hydrogen-bond donors (Lipinski definition) is 0. The summed E-state index contributed by atoms with van der Waals surface area (Å²) < 4.78 is 34.9. The molecule has 0 aliphatic carbocycles. The van der Waals surface area contributed by atoms with Crippen LogP contribution in [0, 0.1) is 5.41 Å². The molecule has 0 saturated carbocycles. The van der Waals surface area contributed by atoms with E-state index in [0.29, 0.717) is 6.61 Å². The van der Waals surface area contributed by atoms with Gasteiger partial charge in [0.25, 0.3) is 0 Å². The highest BCUT2D eigenvalue weighted by molar-refractivity contribution is 7.48. The van der Waals surface area contributed by atoms with Gasteiger partial charge in [0.2, 0.25) is 0 Å². The first-order valence-electron chi connectivity index (χ1n) is 8.89. The van der Waals surface area contributed by atoms with Crippen LogP contribution in [0.15, 0.2) is 0 Å². The van der Waals surface area contributed by atoms with E-state index in [4.69, 9.17) is 18.3 Å². The van der Waals surface area contributed by atoms with Gasteiger partial charge in [-0.1, -0.05) is 27.2 Å². The van der Waals surface area contributed by atoms with E-state index in [9.17, 15) is 9.36 Å². The number of rotatable bonds is 10. The standard InChI is InChI=1S/C18H37O6P/c1-10-11-12-21-15(19)13-18(8,9)14-22-25(20,23-16(2,3)4)24-17(5,6)7/h10-14H2,1-9H3. The summed E-state index contributed by atoms with van der Waals surface area (Å²) in [4.78, 5) is 11.9. The fourth-order valence-corrected chi connectivity index (χ4v) is 3.81. The van der Waals surface area contributed by atoms with E-state index in [1.807, 2.05) is 20.8 Å². The van der Waals surface area contributed by atoms with Crippen molar-refractivity contribution in [1.82, 2.24) is 0 Å². The van der Waals surface area contributed by atoms with Crippen molar-refractivity contribution in [2.75, 3.05) is 13.2 Å². The minimum absolute atomic E-state index is 0.0549. The zero-order valence-corrected chi connectivity index (χ0v) is 18.3. The zero-order valence-electron chi connectivity index (χ0n) is 17.4. The van der Waals surface area contributed by atoms with E-state index in [0.717, 1.165) is 12.8 Å². The smallest absolute Gasteiger partial charge is 0.466 e. The van der Waals surface area contributed by atoms with Crippen LogP contribution < -0.4 is 0 Å². The summed E-state index contributed by atoms with van der Waals surface area (Å²) in [6.45, 7) is 16.9. The molecule has 0 fully saturated rings. The Morgan fingerprint density at radius 2 is 1.40 bits per heavy atom. The second kappa shape index (κ2) is 9.50. The fourth-order valence-electron chi connectivity index (χ4n) is 1.82. The molecule has 0 N–H and O–H groups in total. The van der Waals surface area contributed by atoms with Crippen LogP contribution in [0.2, 0.25) is 0 Å². The molecule has 0 aromatic rings. The van der Waals surface area contributed by atoms with Gasteiger partial charge >= 0.3 is 13.8 Å². The molecule has 7 heteroatoms. The summed E-state index contributed by atoms with van der Waals surface area (Å²) in [6, 6.07) is 0. The molecular weight excluding hydrogens is 343 g/mol. The van der Waals surface area contributed by atoms with Gasteiger partial charge in [0.15, 0.2) is 0 Å². The summed E-state index contributed by atoms with van der Waals surface area (Å²) in [5.41, 5.74) is -1.94. The molecule has 0 amide bonds. The van der Waals surface area contributed by atoms with Gasteiger partial charge in [0.05, 0.1) is 30.8 Å². The summed E-state index contributed by atoms with van der Waals surface area (Å²) in [5.74, 6) is -0.287. The Labute approximate surface area is 153 Å². The molecule has 0 aliphatic heterocycles. The van der Waals surface area contributed by atoms with Crippen molar-refractivity contribution in [1.29, 1.82) is 0 Å². The van der Waals surface area contributed by atoms with E-state index in [2.05, 4.69) is 0 Å². The lowest BCUT2D eigenvalue weighted by molar-refractivity contribution is -0.146. The van der Waals surface area contributed by atoms with Crippen molar-refractivity contribution in [3.63, 3.8) is 0 Å². The van der Waals surface area contributed by atoms with E-state index in [-0.39, 0.29) is 19.0 Å². The van der Waals surface area contributed by atoms with Gasteiger partial charge in [-0.25, -0.2) is 4.57 Å². The molecule has 0 atom stereocenters. The van der Waals surface area contributed by atoms with Gasteiger partial charge in [0.1, 0.15) is 0 Å². The molecule has 0 unspecified atom stereocenters.